The summed E-state index contributed by atoms with van der Waals surface area (Å²) < 4.78 is 59.5. The molecule has 3 aromatic heterocycles. The summed E-state index contributed by atoms with van der Waals surface area (Å²) in [6, 6.07) is 9.20. The van der Waals surface area contributed by atoms with Gasteiger partial charge in [0.15, 0.2) is 11.6 Å². The molecule has 30 heavy (non-hydrogen) atoms. The number of ether oxygens (including phenoxy) is 1. The van der Waals surface area contributed by atoms with E-state index < -0.39 is 17.8 Å². The molecule has 0 unspecified atom stereocenters. The van der Waals surface area contributed by atoms with Gasteiger partial charge < -0.3 is 10.1 Å². The summed E-state index contributed by atoms with van der Waals surface area (Å²) in [4.78, 5) is 11.3. The van der Waals surface area contributed by atoms with Crippen LogP contribution in [-0.2, 0) is 12.7 Å². The standard InChI is InChI=1S/C19H14F4N6O/c1-11-7-16(29-18(26-11)27-17(28-29)19(21,22)23)25-9-12-4-5-15(14(20)8-12)30-13-3-2-6-24-10-13/h2-8,10,25H,9H2,1H3. The van der Waals surface area contributed by atoms with Crippen LogP contribution < -0.4 is 10.1 Å². The average Bonchev–Trinajstić information content (AvgIpc) is 3.13. The predicted molar refractivity (Wildman–Crippen MR) is 98.6 cm³/mol. The highest BCUT2D eigenvalue weighted by atomic mass is 19.4. The minimum Gasteiger partial charge on any atom is -0.453 e. The number of hydrogen-bond donors (Lipinski definition) is 1. The van der Waals surface area contributed by atoms with Crippen LogP contribution in [-0.4, -0.2) is 24.6 Å². The van der Waals surface area contributed by atoms with E-state index in [1.54, 1.807) is 31.3 Å². The maximum absolute atomic E-state index is 14.4. The van der Waals surface area contributed by atoms with Crippen molar-refractivity contribution in [2.75, 3.05) is 5.32 Å². The molecule has 0 fully saturated rings. The van der Waals surface area contributed by atoms with Gasteiger partial charge in [-0.15, -0.1) is 5.10 Å². The lowest BCUT2D eigenvalue weighted by atomic mass is 10.2. The lowest BCUT2D eigenvalue weighted by molar-refractivity contribution is -0.144. The summed E-state index contributed by atoms with van der Waals surface area (Å²) >= 11 is 0. The molecule has 0 radical (unpaired) electrons. The Kier molecular flexibility index (Phi) is 4.94. The van der Waals surface area contributed by atoms with Gasteiger partial charge in [0.05, 0.1) is 6.20 Å². The number of rotatable bonds is 5. The minimum absolute atomic E-state index is 0.0278. The van der Waals surface area contributed by atoms with Crippen molar-refractivity contribution in [1.29, 1.82) is 0 Å². The van der Waals surface area contributed by atoms with Gasteiger partial charge in [-0.2, -0.15) is 22.7 Å². The lowest BCUT2D eigenvalue weighted by Crippen LogP contribution is -2.09. The highest BCUT2D eigenvalue weighted by Crippen LogP contribution is 2.28. The second-order valence-corrected chi connectivity index (χ2v) is 6.34. The molecular formula is C19H14F4N6O. The average molecular weight is 418 g/mol. The second-order valence-electron chi connectivity index (χ2n) is 6.34. The Labute approximate surface area is 167 Å². The van der Waals surface area contributed by atoms with Gasteiger partial charge >= 0.3 is 6.18 Å². The first kappa shape index (κ1) is 19.6. The molecule has 1 N–H and O–H groups in total. The number of alkyl halides is 3. The Morgan fingerprint density at radius 1 is 1.13 bits per heavy atom. The quantitative estimate of drug-likeness (QED) is 0.485. The van der Waals surface area contributed by atoms with E-state index in [1.807, 2.05) is 0 Å². The summed E-state index contributed by atoms with van der Waals surface area (Å²) in [6.45, 7) is 1.75. The van der Waals surface area contributed by atoms with Crippen molar-refractivity contribution in [3.05, 3.63) is 71.7 Å². The molecule has 4 rings (SSSR count). The lowest BCUT2D eigenvalue weighted by Gasteiger charge is -2.11. The summed E-state index contributed by atoms with van der Waals surface area (Å²) in [6.07, 6.45) is -1.66. The van der Waals surface area contributed by atoms with E-state index in [1.165, 1.54) is 24.4 Å². The van der Waals surface area contributed by atoms with Crippen LogP contribution in [0.5, 0.6) is 11.5 Å². The van der Waals surface area contributed by atoms with E-state index >= 15 is 0 Å². The molecule has 0 spiro atoms. The number of nitrogens with one attached hydrogen (secondary N) is 1. The summed E-state index contributed by atoms with van der Waals surface area (Å²) in [7, 11) is 0. The van der Waals surface area contributed by atoms with E-state index in [9.17, 15) is 17.6 Å². The predicted octanol–water partition coefficient (Wildman–Crippen LogP) is 4.39. The fourth-order valence-corrected chi connectivity index (χ4v) is 2.70. The Hall–Kier alpha value is -3.76. The van der Waals surface area contributed by atoms with E-state index in [0.717, 1.165) is 4.52 Å². The number of hydrogen-bond acceptors (Lipinski definition) is 6. The van der Waals surface area contributed by atoms with Crippen LogP contribution in [0.1, 0.15) is 17.1 Å². The first-order valence-corrected chi connectivity index (χ1v) is 8.71. The Balaban J connectivity index is 1.54. The van der Waals surface area contributed by atoms with Crippen molar-refractivity contribution < 1.29 is 22.3 Å². The maximum atomic E-state index is 14.4. The van der Waals surface area contributed by atoms with E-state index in [0.29, 0.717) is 17.0 Å². The Morgan fingerprint density at radius 3 is 2.67 bits per heavy atom. The smallest absolute Gasteiger partial charge is 0.453 e. The van der Waals surface area contributed by atoms with Crippen molar-refractivity contribution in [3.63, 3.8) is 0 Å². The summed E-state index contributed by atoms with van der Waals surface area (Å²) in [5.74, 6) is -1.39. The fraction of sp³-hybridized carbons (Fsp3) is 0.158. The van der Waals surface area contributed by atoms with Gasteiger partial charge in [0.1, 0.15) is 11.6 Å². The number of halogens is 4. The highest BCUT2D eigenvalue weighted by molar-refractivity contribution is 5.46. The van der Waals surface area contributed by atoms with Gasteiger partial charge in [-0.25, -0.2) is 9.37 Å². The molecular weight excluding hydrogens is 404 g/mol. The van der Waals surface area contributed by atoms with Crippen molar-refractivity contribution in [2.24, 2.45) is 0 Å². The molecule has 0 amide bonds. The number of aryl methyl sites for hydroxylation is 1. The fourth-order valence-electron chi connectivity index (χ4n) is 2.70. The highest BCUT2D eigenvalue weighted by Gasteiger charge is 2.36. The van der Waals surface area contributed by atoms with Crippen LogP contribution in [0.3, 0.4) is 0 Å². The first-order chi connectivity index (χ1) is 14.3. The van der Waals surface area contributed by atoms with Crippen LogP contribution in [0.25, 0.3) is 5.78 Å². The van der Waals surface area contributed by atoms with Gasteiger partial charge in [-0.1, -0.05) is 6.07 Å². The minimum atomic E-state index is -4.69. The van der Waals surface area contributed by atoms with Crippen LogP contribution in [0.2, 0.25) is 0 Å². The number of nitrogens with zero attached hydrogens (tertiary/aromatic N) is 5. The van der Waals surface area contributed by atoms with Crippen LogP contribution in [0, 0.1) is 12.7 Å². The zero-order valence-corrected chi connectivity index (χ0v) is 15.5. The van der Waals surface area contributed by atoms with Crippen molar-refractivity contribution >= 4 is 11.6 Å². The van der Waals surface area contributed by atoms with E-state index in [4.69, 9.17) is 4.74 Å². The molecule has 154 valence electrons. The van der Waals surface area contributed by atoms with E-state index in [-0.39, 0.29) is 23.9 Å². The van der Waals surface area contributed by atoms with Crippen molar-refractivity contribution in [3.8, 4) is 11.5 Å². The molecule has 0 saturated heterocycles. The zero-order valence-electron chi connectivity index (χ0n) is 15.5. The molecule has 11 heteroatoms. The van der Waals surface area contributed by atoms with Crippen LogP contribution in [0.15, 0.2) is 48.8 Å². The number of benzene rings is 1. The van der Waals surface area contributed by atoms with E-state index in [2.05, 4.69) is 25.4 Å². The topological polar surface area (TPSA) is 77.2 Å². The second kappa shape index (κ2) is 7.58. The molecule has 4 aromatic rings. The Morgan fingerprint density at radius 2 is 1.97 bits per heavy atom. The van der Waals surface area contributed by atoms with Gasteiger partial charge in [0.25, 0.3) is 11.6 Å². The molecule has 3 heterocycles. The molecule has 0 saturated carbocycles. The maximum Gasteiger partial charge on any atom is 0.453 e. The third kappa shape index (κ3) is 4.14. The number of pyridine rings is 1. The summed E-state index contributed by atoms with van der Waals surface area (Å²) in [5, 5.41) is 6.41. The van der Waals surface area contributed by atoms with Crippen molar-refractivity contribution in [2.45, 2.75) is 19.6 Å². The molecule has 0 aliphatic heterocycles. The number of fused-ring (bicyclic) bond motifs is 1. The third-order valence-corrected chi connectivity index (χ3v) is 4.03. The molecule has 0 atom stereocenters. The number of anilines is 1. The normalized spacial score (nSPS) is 11.6. The molecule has 0 aliphatic rings. The van der Waals surface area contributed by atoms with Gasteiger partial charge in [0.2, 0.25) is 0 Å². The van der Waals surface area contributed by atoms with Gasteiger partial charge in [-0.05, 0) is 36.8 Å². The molecule has 7 nitrogen and oxygen atoms in total. The van der Waals surface area contributed by atoms with Crippen LogP contribution >= 0.6 is 0 Å². The first-order valence-electron chi connectivity index (χ1n) is 8.71. The third-order valence-electron chi connectivity index (χ3n) is 4.03. The zero-order chi connectivity index (χ0) is 21.3. The summed E-state index contributed by atoms with van der Waals surface area (Å²) in [5.41, 5.74) is 1.00. The number of aromatic nitrogens is 5. The SMILES string of the molecule is Cc1cc(NCc2ccc(Oc3cccnc3)c(F)c2)n2nc(C(F)(F)F)nc2n1. The van der Waals surface area contributed by atoms with Crippen LogP contribution in [0.4, 0.5) is 23.4 Å². The molecule has 1 aromatic carbocycles. The monoisotopic (exact) mass is 418 g/mol. The van der Waals surface area contributed by atoms with Gasteiger partial charge in [0, 0.05) is 24.5 Å². The molecule has 0 bridgehead atoms. The largest absolute Gasteiger partial charge is 0.453 e. The van der Waals surface area contributed by atoms with Crippen molar-refractivity contribution in [1.82, 2.24) is 24.6 Å². The molecule has 0 aliphatic carbocycles. The van der Waals surface area contributed by atoms with Gasteiger partial charge in [-0.3, -0.25) is 4.98 Å². The Bertz CT molecular complexity index is 1190.